The van der Waals surface area contributed by atoms with Gasteiger partial charge in [-0.1, -0.05) is 12.8 Å². The van der Waals surface area contributed by atoms with Crippen molar-refractivity contribution in [2.45, 2.75) is 51.2 Å². The highest BCUT2D eigenvalue weighted by Gasteiger charge is 2.18. The third-order valence-electron chi connectivity index (χ3n) is 2.63. The van der Waals surface area contributed by atoms with Crippen molar-refractivity contribution < 1.29 is 9.53 Å². The van der Waals surface area contributed by atoms with Gasteiger partial charge in [0, 0.05) is 6.61 Å². The molecule has 1 N–H and O–H groups in total. The van der Waals surface area contributed by atoms with E-state index in [0.29, 0.717) is 6.42 Å². The van der Waals surface area contributed by atoms with E-state index < -0.39 is 0 Å². The van der Waals surface area contributed by atoms with Gasteiger partial charge in [0.05, 0.1) is 18.6 Å². The summed E-state index contributed by atoms with van der Waals surface area (Å²) in [4.78, 5) is 11.6. The van der Waals surface area contributed by atoms with Crippen LogP contribution in [0, 0.1) is 12.3 Å². The van der Waals surface area contributed by atoms with E-state index in [0.717, 1.165) is 32.3 Å². The van der Waals surface area contributed by atoms with Gasteiger partial charge in [-0.2, -0.15) is 0 Å². The first-order valence-corrected chi connectivity index (χ1v) is 5.63. The molecule has 1 rings (SSSR count). The lowest BCUT2D eigenvalue weighted by Crippen LogP contribution is -2.36. The van der Waals surface area contributed by atoms with Crippen LogP contribution in [-0.4, -0.2) is 24.7 Å². The van der Waals surface area contributed by atoms with Crippen molar-refractivity contribution in [3.8, 4) is 12.3 Å². The summed E-state index contributed by atoms with van der Waals surface area (Å²) in [7, 11) is 0. The topological polar surface area (TPSA) is 38.3 Å². The smallest absolute Gasteiger partial charge is 0.223 e. The summed E-state index contributed by atoms with van der Waals surface area (Å²) >= 11 is 0. The molecule has 3 nitrogen and oxygen atoms in total. The molecule has 0 aromatic rings. The summed E-state index contributed by atoms with van der Waals surface area (Å²) in [5.41, 5.74) is 0. The van der Waals surface area contributed by atoms with Gasteiger partial charge in [-0.15, -0.1) is 6.42 Å². The lowest BCUT2D eigenvalue weighted by atomic mass is 10.1. The molecule has 84 valence electrons. The molecule has 1 saturated heterocycles. The van der Waals surface area contributed by atoms with E-state index in [2.05, 4.69) is 11.2 Å². The second-order valence-electron chi connectivity index (χ2n) is 3.89. The molecule has 0 saturated carbocycles. The first kappa shape index (κ1) is 12.1. The SMILES string of the molecule is C#CC(CC)NC(=O)CC1CCCCO1. The number of carbonyl (C=O) groups excluding carboxylic acids is 1. The molecule has 0 aliphatic carbocycles. The first-order valence-electron chi connectivity index (χ1n) is 5.63. The molecule has 0 spiro atoms. The van der Waals surface area contributed by atoms with Gasteiger partial charge >= 0.3 is 0 Å². The highest BCUT2D eigenvalue weighted by molar-refractivity contribution is 5.77. The highest BCUT2D eigenvalue weighted by Crippen LogP contribution is 2.15. The lowest BCUT2D eigenvalue weighted by Gasteiger charge is -2.22. The first-order chi connectivity index (χ1) is 7.26. The zero-order valence-corrected chi connectivity index (χ0v) is 9.29. The van der Waals surface area contributed by atoms with Gasteiger partial charge in [-0.3, -0.25) is 4.79 Å². The average Bonchev–Trinajstić information content (AvgIpc) is 2.27. The van der Waals surface area contributed by atoms with Crippen LogP contribution in [0.1, 0.15) is 39.0 Å². The van der Waals surface area contributed by atoms with Crippen molar-refractivity contribution >= 4 is 5.91 Å². The molecule has 1 amide bonds. The number of amides is 1. The van der Waals surface area contributed by atoms with Crippen LogP contribution in [0.2, 0.25) is 0 Å². The Morgan fingerprint density at radius 1 is 1.67 bits per heavy atom. The molecular weight excluding hydrogens is 190 g/mol. The van der Waals surface area contributed by atoms with Crippen molar-refractivity contribution in [2.75, 3.05) is 6.61 Å². The molecule has 3 heteroatoms. The quantitative estimate of drug-likeness (QED) is 0.712. The van der Waals surface area contributed by atoms with Gasteiger partial charge in [0.15, 0.2) is 0 Å². The lowest BCUT2D eigenvalue weighted by molar-refractivity contribution is -0.125. The molecule has 15 heavy (non-hydrogen) atoms. The summed E-state index contributed by atoms with van der Waals surface area (Å²) in [5, 5.41) is 2.81. The van der Waals surface area contributed by atoms with E-state index >= 15 is 0 Å². The summed E-state index contributed by atoms with van der Waals surface area (Å²) in [6.45, 7) is 2.74. The monoisotopic (exact) mass is 209 g/mol. The summed E-state index contributed by atoms with van der Waals surface area (Å²) in [6.07, 6.45) is 9.83. The van der Waals surface area contributed by atoms with Crippen molar-refractivity contribution in [1.29, 1.82) is 0 Å². The normalized spacial score (nSPS) is 22.8. The molecule has 0 aromatic carbocycles. The van der Waals surface area contributed by atoms with Gasteiger partial charge in [-0.05, 0) is 25.7 Å². The molecule has 0 radical (unpaired) electrons. The number of carbonyl (C=O) groups is 1. The van der Waals surface area contributed by atoms with E-state index in [1.807, 2.05) is 6.92 Å². The van der Waals surface area contributed by atoms with E-state index in [1.54, 1.807) is 0 Å². The Labute approximate surface area is 91.6 Å². The zero-order valence-electron chi connectivity index (χ0n) is 9.29. The maximum Gasteiger partial charge on any atom is 0.223 e. The number of nitrogens with one attached hydrogen (secondary N) is 1. The molecule has 1 fully saturated rings. The Hall–Kier alpha value is -1.01. The highest BCUT2D eigenvalue weighted by atomic mass is 16.5. The Kier molecular flexibility index (Phi) is 5.20. The van der Waals surface area contributed by atoms with Gasteiger partial charge < -0.3 is 10.1 Å². The number of ether oxygens (including phenoxy) is 1. The minimum atomic E-state index is -0.138. The predicted molar refractivity (Wildman–Crippen MR) is 59.3 cm³/mol. The summed E-state index contributed by atoms with van der Waals surface area (Å²) < 4.78 is 5.48. The van der Waals surface area contributed by atoms with Crippen LogP contribution in [0.25, 0.3) is 0 Å². The Balaban J connectivity index is 2.25. The fourth-order valence-electron chi connectivity index (χ4n) is 1.69. The molecule has 2 unspecified atom stereocenters. The van der Waals surface area contributed by atoms with E-state index in [4.69, 9.17) is 11.2 Å². The molecule has 0 bridgehead atoms. The minimum Gasteiger partial charge on any atom is -0.378 e. The van der Waals surface area contributed by atoms with Crippen molar-refractivity contribution in [1.82, 2.24) is 5.32 Å². The molecule has 1 heterocycles. The third kappa shape index (κ3) is 4.35. The molecule has 0 aromatic heterocycles. The number of hydrogen-bond donors (Lipinski definition) is 1. The average molecular weight is 209 g/mol. The van der Waals surface area contributed by atoms with Crippen LogP contribution in [0.3, 0.4) is 0 Å². The fraction of sp³-hybridized carbons (Fsp3) is 0.750. The maximum atomic E-state index is 11.6. The summed E-state index contributed by atoms with van der Waals surface area (Å²) in [5.74, 6) is 2.55. The second-order valence-corrected chi connectivity index (χ2v) is 3.89. The Morgan fingerprint density at radius 3 is 3.00 bits per heavy atom. The van der Waals surface area contributed by atoms with Crippen molar-refractivity contribution in [3.63, 3.8) is 0 Å². The minimum absolute atomic E-state index is 0.00620. The van der Waals surface area contributed by atoms with Crippen molar-refractivity contribution in [2.24, 2.45) is 0 Å². The Bertz CT molecular complexity index is 238. The van der Waals surface area contributed by atoms with Crippen LogP contribution in [0.5, 0.6) is 0 Å². The third-order valence-corrected chi connectivity index (χ3v) is 2.63. The summed E-state index contributed by atoms with van der Waals surface area (Å²) in [6, 6.07) is -0.138. The number of rotatable bonds is 4. The van der Waals surface area contributed by atoms with Crippen LogP contribution >= 0.6 is 0 Å². The van der Waals surface area contributed by atoms with Gasteiger partial charge in [0.25, 0.3) is 0 Å². The van der Waals surface area contributed by atoms with E-state index in [1.165, 1.54) is 0 Å². The van der Waals surface area contributed by atoms with E-state index in [9.17, 15) is 4.79 Å². The number of terminal acetylenes is 1. The fourth-order valence-corrected chi connectivity index (χ4v) is 1.69. The molecular formula is C12H19NO2. The van der Waals surface area contributed by atoms with Crippen LogP contribution in [-0.2, 0) is 9.53 Å². The van der Waals surface area contributed by atoms with Gasteiger partial charge in [-0.25, -0.2) is 0 Å². The molecule has 1 aliphatic heterocycles. The largest absolute Gasteiger partial charge is 0.378 e. The Morgan fingerprint density at radius 2 is 2.47 bits per heavy atom. The zero-order chi connectivity index (χ0) is 11.1. The van der Waals surface area contributed by atoms with E-state index in [-0.39, 0.29) is 18.1 Å². The van der Waals surface area contributed by atoms with Crippen LogP contribution < -0.4 is 5.32 Å². The van der Waals surface area contributed by atoms with Crippen molar-refractivity contribution in [3.05, 3.63) is 0 Å². The van der Waals surface area contributed by atoms with Gasteiger partial charge in [0.1, 0.15) is 0 Å². The predicted octanol–water partition coefficient (Wildman–Crippen LogP) is 1.47. The maximum absolute atomic E-state index is 11.6. The molecule has 1 aliphatic rings. The number of hydrogen-bond acceptors (Lipinski definition) is 2. The van der Waals surface area contributed by atoms with Crippen LogP contribution in [0.4, 0.5) is 0 Å². The standard InChI is InChI=1S/C12H19NO2/c1-3-10(4-2)13-12(14)9-11-7-5-6-8-15-11/h1,10-11H,4-9H2,2H3,(H,13,14). The second kappa shape index (κ2) is 6.47. The van der Waals surface area contributed by atoms with Crippen LogP contribution in [0.15, 0.2) is 0 Å². The molecule has 2 atom stereocenters. The van der Waals surface area contributed by atoms with Gasteiger partial charge in [0.2, 0.25) is 5.91 Å².